The average molecular weight is 509 g/mol. The monoisotopic (exact) mass is 508 g/mol. The highest BCUT2D eigenvalue weighted by Gasteiger charge is 2.31. The van der Waals surface area contributed by atoms with Gasteiger partial charge in [0.05, 0.1) is 5.57 Å². The van der Waals surface area contributed by atoms with E-state index in [9.17, 15) is 22.8 Å². The van der Waals surface area contributed by atoms with Gasteiger partial charge in [-0.05, 0) is 67.4 Å². The molecule has 0 spiro atoms. The summed E-state index contributed by atoms with van der Waals surface area (Å²) >= 11 is 0. The van der Waals surface area contributed by atoms with Gasteiger partial charge in [-0.25, -0.2) is 0 Å². The Balaban J connectivity index is 2.06. The Hall–Kier alpha value is -3.47. The van der Waals surface area contributed by atoms with Gasteiger partial charge in [-0.15, -0.1) is 0 Å². The lowest BCUT2D eigenvalue weighted by atomic mass is 9.90. The Kier molecular flexibility index (Phi) is 12.0. The molecule has 2 rings (SSSR count). The molecule has 0 aliphatic heterocycles. The van der Waals surface area contributed by atoms with Crippen LogP contribution in [0.25, 0.3) is 11.1 Å². The Morgan fingerprint density at radius 1 is 0.919 bits per heavy atom. The van der Waals surface area contributed by atoms with E-state index < -0.39 is 11.7 Å². The highest BCUT2D eigenvalue weighted by atomic mass is 19.4. The van der Waals surface area contributed by atoms with Gasteiger partial charge in [0.25, 0.3) is 0 Å². The van der Waals surface area contributed by atoms with Crippen LogP contribution in [0.2, 0.25) is 0 Å². The molecule has 2 nitrogen and oxygen atoms in total. The summed E-state index contributed by atoms with van der Waals surface area (Å²) < 4.78 is 39.2. The van der Waals surface area contributed by atoms with Crippen LogP contribution in [-0.2, 0) is 16.0 Å². The first-order valence-electron chi connectivity index (χ1n) is 12.5. The molecule has 0 aliphatic carbocycles. The van der Waals surface area contributed by atoms with Crippen LogP contribution in [0.1, 0.15) is 45.1 Å². The summed E-state index contributed by atoms with van der Waals surface area (Å²) in [6.45, 7) is 6.73. The number of carbonyl (C=O) groups is 2. The van der Waals surface area contributed by atoms with E-state index >= 15 is 0 Å². The average Bonchev–Trinajstić information content (AvgIpc) is 2.87. The SMILES string of the molecule is C=CC=C(C=CC(=O)CC(CC=CCC(C)C(C)=O)CCc1ccc(-c2ccccc2)cc1)C(F)(F)F. The van der Waals surface area contributed by atoms with Gasteiger partial charge in [-0.3, -0.25) is 9.59 Å². The Bertz CT molecular complexity index is 1110. The van der Waals surface area contributed by atoms with Crippen molar-refractivity contribution in [2.45, 2.75) is 52.1 Å². The summed E-state index contributed by atoms with van der Waals surface area (Å²) in [6, 6.07) is 18.4. The van der Waals surface area contributed by atoms with Crippen molar-refractivity contribution >= 4 is 11.6 Å². The first-order valence-corrected chi connectivity index (χ1v) is 12.5. The molecule has 0 fully saturated rings. The van der Waals surface area contributed by atoms with Gasteiger partial charge in [-0.1, -0.05) is 92.4 Å². The molecule has 0 saturated carbocycles. The molecule has 0 aliphatic rings. The van der Waals surface area contributed by atoms with Gasteiger partial charge in [-0.2, -0.15) is 13.2 Å². The lowest BCUT2D eigenvalue weighted by Crippen LogP contribution is -2.11. The van der Waals surface area contributed by atoms with E-state index in [1.54, 1.807) is 6.92 Å². The van der Waals surface area contributed by atoms with Crippen LogP contribution < -0.4 is 0 Å². The highest BCUT2D eigenvalue weighted by molar-refractivity contribution is 5.90. The number of rotatable bonds is 14. The van der Waals surface area contributed by atoms with Crippen molar-refractivity contribution in [1.82, 2.24) is 0 Å². The van der Waals surface area contributed by atoms with Crippen LogP contribution in [0.4, 0.5) is 13.2 Å². The van der Waals surface area contributed by atoms with Crippen molar-refractivity contribution in [3.63, 3.8) is 0 Å². The zero-order valence-corrected chi connectivity index (χ0v) is 21.5. The molecule has 0 saturated heterocycles. The quantitative estimate of drug-likeness (QED) is 0.145. The van der Waals surface area contributed by atoms with Crippen molar-refractivity contribution in [1.29, 1.82) is 0 Å². The van der Waals surface area contributed by atoms with Gasteiger partial charge in [0.15, 0.2) is 5.78 Å². The molecular weight excluding hydrogens is 473 g/mol. The number of aryl methyl sites for hydroxylation is 1. The maximum absolute atomic E-state index is 13.1. The second-order valence-corrected chi connectivity index (χ2v) is 9.28. The van der Waals surface area contributed by atoms with Gasteiger partial charge in [0.2, 0.25) is 0 Å². The molecule has 0 radical (unpaired) electrons. The molecule has 5 heteroatoms. The molecule has 0 aromatic heterocycles. The van der Waals surface area contributed by atoms with Crippen molar-refractivity contribution in [2.24, 2.45) is 11.8 Å². The molecule has 0 bridgehead atoms. The zero-order chi connectivity index (χ0) is 27.3. The van der Waals surface area contributed by atoms with Crippen molar-refractivity contribution < 1.29 is 22.8 Å². The van der Waals surface area contributed by atoms with E-state index in [2.05, 4.69) is 43.0 Å². The number of ketones is 2. The van der Waals surface area contributed by atoms with Crippen LogP contribution >= 0.6 is 0 Å². The van der Waals surface area contributed by atoms with Crippen molar-refractivity contribution in [2.75, 3.05) is 0 Å². The van der Waals surface area contributed by atoms with Gasteiger partial charge >= 0.3 is 6.18 Å². The van der Waals surface area contributed by atoms with Crippen LogP contribution in [0.5, 0.6) is 0 Å². The zero-order valence-electron chi connectivity index (χ0n) is 21.5. The van der Waals surface area contributed by atoms with E-state index in [0.717, 1.165) is 47.4 Å². The summed E-state index contributed by atoms with van der Waals surface area (Å²) in [6.07, 6.45) is 5.93. The number of halogens is 3. The number of allylic oxidation sites excluding steroid dienone is 7. The highest BCUT2D eigenvalue weighted by Crippen LogP contribution is 2.27. The lowest BCUT2D eigenvalue weighted by molar-refractivity contribution is -0.120. The minimum Gasteiger partial charge on any atom is -0.300 e. The van der Waals surface area contributed by atoms with Crippen LogP contribution in [0.15, 0.2) is 103 Å². The summed E-state index contributed by atoms with van der Waals surface area (Å²) in [5.41, 5.74) is 2.48. The minimum atomic E-state index is -4.55. The Morgan fingerprint density at radius 2 is 1.54 bits per heavy atom. The summed E-state index contributed by atoms with van der Waals surface area (Å²) in [7, 11) is 0. The number of carbonyl (C=O) groups excluding carboxylic acids is 2. The smallest absolute Gasteiger partial charge is 0.300 e. The summed E-state index contributed by atoms with van der Waals surface area (Å²) in [5, 5.41) is 0. The number of hydrogen-bond donors (Lipinski definition) is 0. The van der Waals surface area contributed by atoms with E-state index in [1.165, 1.54) is 0 Å². The summed E-state index contributed by atoms with van der Waals surface area (Å²) in [5.74, 6) is -0.338. The number of hydrogen-bond acceptors (Lipinski definition) is 2. The fourth-order valence-corrected chi connectivity index (χ4v) is 3.83. The van der Waals surface area contributed by atoms with Gasteiger partial charge in [0, 0.05) is 12.3 Å². The van der Waals surface area contributed by atoms with Gasteiger partial charge in [0.1, 0.15) is 5.78 Å². The number of benzene rings is 2. The van der Waals surface area contributed by atoms with E-state index in [1.807, 2.05) is 37.3 Å². The molecule has 0 amide bonds. The third-order valence-electron chi connectivity index (χ3n) is 6.29. The predicted molar refractivity (Wildman–Crippen MR) is 145 cm³/mol. The second kappa shape index (κ2) is 14.9. The molecular formula is C32H35F3O2. The predicted octanol–water partition coefficient (Wildman–Crippen LogP) is 8.65. The number of alkyl halides is 3. The molecule has 2 unspecified atom stereocenters. The maximum Gasteiger partial charge on any atom is 0.416 e. The largest absolute Gasteiger partial charge is 0.416 e. The molecule has 2 aromatic rings. The Labute approximate surface area is 218 Å². The van der Waals surface area contributed by atoms with Gasteiger partial charge < -0.3 is 0 Å². The number of Topliss-reactive ketones (excluding diaryl/α,β-unsaturated/α-hetero) is 1. The van der Waals surface area contributed by atoms with E-state index in [0.29, 0.717) is 19.3 Å². The second-order valence-electron chi connectivity index (χ2n) is 9.28. The molecule has 2 atom stereocenters. The third-order valence-corrected chi connectivity index (χ3v) is 6.29. The minimum absolute atomic E-state index is 0.0347. The van der Waals surface area contributed by atoms with Crippen LogP contribution in [0.3, 0.4) is 0 Å². The van der Waals surface area contributed by atoms with E-state index in [-0.39, 0.29) is 29.8 Å². The first-order chi connectivity index (χ1) is 17.6. The first kappa shape index (κ1) is 29.8. The van der Waals surface area contributed by atoms with Crippen molar-refractivity contribution in [3.05, 3.63) is 109 Å². The standard InChI is InChI=1S/C32H35F3O2/c1-4-10-30(32(33,34)35)21-22-31(37)23-27(12-9-8-11-24(2)25(3)36)16-15-26-17-19-29(20-18-26)28-13-6-5-7-14-28/h4-10,13-14,17-22,24,27H,1,11-12,15-16,23H2,2-3H3. The molecule has 0 heterocycles. The normalized spacial score (nSPS) is 14.1. The van der Waals surface area contributed by atoms with Crippen LogP contribution in [-0.4, -0.2) is 17.7 Å². The fourth-order valence-electron chi connectivity index (χ4n) is 3.83. The van der Waals surface area contributed by atoms with E-state index in [4.69, 9.17) is 0 Å². The van der Waals surface area contributed by atoms with Crippen molar-refractivity contribution in [3.8, 4) is 11.1 Å². The summed E-state index contributed by atoms with van der Waals surface area (Å²) in [4.78, 5) is 24.0. The topological polar surface area (TPSA) is 34.1 Å². The Morgan fingerprint density at radius 3 is 2.14 bits per heavy atom. The third kappa shape index (κ3) is 11.0. The lowest BCUT2D eigenvalue weighted by Gasteiger charge is -2.14. The molecule has 37 heavy (non-hydrogen) atoms. The van der Waals surface area contributed by atoms with Crippen LogP contribution in [0, 0.1) is 11.8 Å². The maximum atomic E-state index is 13.1. The fraction of sp³-hybridized carbons (Fsp3) is 0.312. The molecule has 196 valence electrons. The molecule has 0 N–H and O–H groups in total. The molecule has 2 aromatic carbocycles.